The number of carbonyl (C=O) groups is 2. The van der Waals surface area contributed by atoms with Gasteiger partial charge in [0.1, 0.15) is 10.6 Å². The molecule has 0 atom stereocenters. The topological polar surface area (TPSA) is 93.2 Å². The molecule has 0 bridgehead atoms. The predicted molar refractivity (Wildman–Crippen MR) is 119 cm³/mol. The van der Waals surface area contributed by atoms with E-state index in [0.717, 1.165) is 5.56 Å². The van der Waals surface area contributed by atoms with E-state index in [-0.39, 0.29) is 40.5 Å². The minimum atomic E-state index is -3.91. The van der Waals surface area contributed by atoms with Gasteiger partial charge in [0.25, 0.3) is 5.91 Å². The van der Waals surface area contributed by atoms with Gasteiger partial charge in [-0.25, -0.2) is 8.42 Å². The van der Waals surface area contributed by atoms with Crippen LogP contribution in [-0.2, 0) is 26.1 Å². The number of hydrogen-bond acceptors (Lipinski definition) is 6. The molecule has 9 heteroatoms. The van der Waals surface area contributed by atoms with Crippen LogP contribution < -0.4 is 4.74 Å². The van der Waals surface area contributed by atoms with Gasteiger partial charge in [-0.05, 0) is 36.6 Å². The summed E-state index contributed by atoms with van der Waals surface area (Å²) in [5, 5.41) is 0. The number of esters is 1. The molecule has 1 heterocycles. The molecule has 1 aliphatic heterocycles. The molecule has 0 spiro atoms. The van der Waals surface area contributed by atoms with Gasteiger partial charge < -0.3 is 14.4 Å². The van der Waals surface area contributed by atoms with Crippen LogP contribution in [0.5, 0.6) is 5.75 Å². The Morgan fingerprint density at radius 2 is 1.72 bits per heavy atom. The third-order valence-corrected chi connectivity index (χ3v) is 7.49. The summed E-state index contributed by atoms with van der Waals surface area (Å²) in [5.74, 6) is -0.595. The molecule has 0 aromatic heterocycles. The van der Waals surface area contributed by atoms with Crippen molar-refractivity contribution in [1.29, 1.82) is 0 Å². The van der Waals surface area contributed by atoms with Gasteiger partial charge in [-0.15, -0.1) is 0 Å². The lowest BCUT2D eigenvalue weighted by Crippen LogP contribution is -2.40. The van der Waals surface area contributed by atoms with Gasteiger partial charge >= 0.3 is 5.97 Å². The quantitative estimate of drug-likeness (QED) is 0.590. The second kappa shape index (κ2) is 10.1. The highest BCUT2D eigenvalue weighted by Crippen LogP contribution is 2.29. The van der Waals surface area contributed by atoms with Crippen molar-refractivity contribution in [2.75, 3.05) is 34.4 Å². The Balaban J connectivity index is 1.82. The number of nitrogens with zero attached hydrogens (tertiary/aromatic N) is 2. The molecule has 2 aromatic rings. The molecule has 1 fully saturated rings. The fraction of sp³-hybridized carbons (Fsp3) is 0.391. The Hall–Kier alpha value is -2.91. The molecule has 0 saturated carbocycles. The zero-order valence-corrected chi connectivity index (χ0v) is 19.3. The SMILES string of the molecule is COC(=O)C1CCN(C(=O)c2ccc(OC)c(S(=O)(=O)N(C)Cc3ccccc3)c2)CC1. The summed E-state index contributed by atoms with van der Waals surface area (Å²) in [5.41, 5.74) is 1.10. The lowest BCUT2D eigenvalue weighted by molar-refractivity contribution is -0.146. The van der Waals surface area contributed by atoms with E-state index in [1.807, 2.05) is 30.3 Å². The zero-order chi connectivity index (χ0) is 23.3. The highest BCUT2D eigenvalue weighted by atomic mass is 32.2. The molecule has 32 heavy (non-hydrogen) atoms. The second-order valence-corrected chi connectivity index (χ2v) is 9.72. The number of methoxy groups -OCH3 is 2. The van der Waals surface area contributed by atoms with E-state index >= 15 is 0 Å². The maximum Gasteiger partial charge on any atom is 0.308 e. The molecular formula is C23H28N2O6S. The average molecular weight is 461 g/mol. The Bertz CT molecular complexity index is 1060. The van der Waals surface area contributed by atoms with E-state index in [0.29, 0.717) is 25.9 Å². The van der Waals surface area contributed by atoms with Gasteiger partial charge in [0.05, 0.1) is 20.1 Å². The zero-order valence-electron chi connectivity index (χ0n) is 18.5. The third-order valence-electron chi connectivity index (χ3n) is 5.66. The largest absolute Gasteiger partial charge is 0.495 e. The molecule has 0 N–H and O–H groups in total. The van der Waals surface area contributed by atoms with E-state index in [2.05, 4.69) is 0 Å². The Morgan fingerprint density at radius 1 is 1.06 bits per heavy atom. The highest BCUT2D eigenvalue weighted by Gasteiger charge is 2.30. The molecule has 1 amide bonds. The normalized spacial score (nSPS) is 14.9. The van der Waals surface area contributed by atoms with Gasteiger partial charge in [-0.1, -0.05) is 30.3 Å². The first-order chi connectivity index (χ1) is 15.3. The van der Waals surface area contributed by atoms with Gasteiger partial charge in [0, 0.05) is 32.2 Å². The van der Waals surface area contributed by atoms with Crippen molar-refractivity contribution >= 4 is 21.9 Å². The smallest absolute Gasteiger partial charge is 0.308 e. The van der Waals surface area contributed by atoms with Crippen LogP contribution in [0.4, 0.5) is 0 Å². The first-order valence-electron chi connectivity index (χ1n) is 10.3. The van der Waals surface area contributed by atoms with E-state index < -0.39 is 10.0 Å². The summed E-state index contributed by atoms with van der Waals surface area (Å²) in [6, 6.07) is 13.7. The summed E-state index contributed by atoms with van der Waals surface area (Å²) >= 11 is 0. The monoisotopic (exact) mass is 460 g/mol. The standard InChI is InChI=1S/C23H28N2O6S/c1-24(16-17-7-5-4-6-8-17)32(28,29)21-15-19(9-10-20(21)30-2)22(26)25-13-11-18(12-14-25)23(27)31-3/h4-10,15,18H,11-14,16H2,1-3H3. The summed E-state index contributed by atoms with van der Waals surface area (Å²) in [6.07, 6.45) is 1.03. The fourth-order valence-electron chi connectivity index (χ4n) is 3.77. The first kappa shape index (κ1) is 23.7. The van der Waals surface area contributed by atoms with Crippen LogP contribution in [0.15, 0.2) is 53.4 Å². The van der Waals surface area contributed by atoms with Gasteiger partial charge in [0.15, 0.2) is 0 Å². The lowest BCUT2D eigenvalue weighted by Gasteiger charge is -2.31. The van der Waals surface area contributed by atoms with Gasteiger partial charge in [-0.3, -0.25) is 9.59 Å². The van der Waals surface area contributed by atoms with Gasteiger partial charge in [-0.2, -0.15) is 4.31 Å². The Labute approximate surface area is 188 Å². The third kappa shape index (κ3) is 5.11. The lowest BCUT2D eigenvalue weighted by atomic mass is 9.96. The summed E-state index contributed by atoms with van der Waals surface area (Å²) in [6.45, 7) is 0.993. The second-order valence-electron chi connectivity index (χ2n) is 7.70. The number of rotatable bonds is 7. The molecule has 3 rings (SSSR count). The number of carbonyl (C=O) groups excluding carboxylic acids is 2. The minimum Gasteiger partial charge on any atom is -0.495 e. The van der Waals surface area contributed by atoms with E-state index in [9.17, 15) is 18.0 Å². The molecule has 1 saturated heterocycles. The van der Waals surface area contributed by atoms with Crippen LogP contribution in [0, 0.1) is 5.92 Å². The molecule has 0 aliphatic carbocycles. The summed E-state index contributed by atoms with van der Waals surface area (Å²) in [7, 11) is 0.329. The van der Waals surface area contributed by atoms with Crippen molar-refractivity contribution in [1.82, 2.24) is 9.21 Å². The molecular weight excluding hydrogens is 432 g/mol. The number of likely N-dealkylation sites (tertiary alicyclic amines) is 1. The molecule has 2 aromatic carbocycles. The predicted octanol–water partition coefficient (Wildman–Crippen LogP) is 2.54. The van der Waals surface area contributed by atoms with Crippen molar-refractivity contribution in [3.63, 3.8) is 0 Å². The van der Waals surface area contributed by atoms with Crippen molar-refractivity contribution in [2.45, 2.75) is 24.3 Å². The molecule has 0 unspecified atom stereocenters. The number of benzene rings is 2. The van der Waals surface area contributed by atoms with Crippen molar-refractivity contribution in [2.24, 2.45) is 5.92 Å². The Morgan fingerprint density at radius 3 is 2.31 bits per heavy atom. The van der Waals surface area contributed by atoms with Crippen LogP contribution in [0.2, 0.25) is 0 Å². The summed E-state index contributed by atoms with van der Waals surface area (Å²) < 4.78 is 37.9. The minimum absolute atomic E-state index is 0.0614. The van der Waals surface area contributed by atoms with Crippen LogP contribution in [-0.4, -0.2) is 63.9 Å². The maximum atomic E-state index is 13.3. The number of amides is 1. The van der Waals surface area contributed by atoms with E-state index in [1.54, 1.807) is 11.0 Å². The van der Waals surface area contributed by atoms with E-state index in [4.69, 9.17) is 9.47 Å². The number of ether oxygens (including phenoxy) is 2. The van der Waals surface area contributed by atoms with Crippen molar-refractivity contribution < 1.29 is 27.5 Å². The Kier molecular flexibility index (Phi) is 7.52. The number of piperidine rings is 1. The van der Waals surface area contributed by atoms with Crippen molar-refractivity contribution in [3.05, 3.63) is 59.7 Å². The average Bonchev–Trinajstić information content (AvgIpc) is 2.83. The van der Waals surface area contributed by atoms with Crippen molar-refractivity contribution in [3.8, 4) is 5.75 Å². The van der Waals surface area contributed by atoms with E-state index in [1.165, 1.54) is 37.7 Å². The van der Waals surface area contributed by atoms with Crippen LogP contribution >= 0.6 is 0 Å². The van der Waals surface area contributed by atoms with Crippen LogP contribution in [0.3, 0.4) is 0 Å². The maximum absolute atomic E-state index is 13.3. The van der Waals surface area contributed by atoms with Crippen LogP contribution in [0.25, 0.3) is 0 Å². The molecule has 8 nitrogen and oxygen atoms in total. The highest BCUT2D eigenvalue weighted by molar-refractivity contribution is 7.89. The summed E-state index contributed by atoms with van der Waals surface area (Å²) in [4.78, 5) is 26.3. The molecule has 0 radical (unpaired) electrons. The van der Waals surface area contributed by atoms with Gasteiger partial charge in [0.2, 0.25) is 10.0 Å². The number of hydrogen-bond donors (Lipinski definition) is 0. The number of sulfonamides is 1. The molecule has 1 aliphatic rings. The fourth-order valence-corrected chi connectivity index (χ4v) is 5.11. The van der Waals surface area contributed by atoms with Crippen LogP contribution in [0.1, 0.15) is 28.8 Å². The molecule has 172 valence electrons. The first-order valence-corrected chi connectivity index (χ1v) is 11.8.